The number of hydrogen-bond donors (Lipinski definition) is 0. The summed E-state index contributed by atoms with van der Waals surface area (Å²) in [6, 6.07) is 7.69. The molecule has 3 heteroatoms. The second-order valence-electron chi connectivity index (χ2n) is 6.56. The Kier molecular flexibility index (Phi) is 6.82. The third-order valence-electron chi connectivity index (χ3n) is 4.78. The zero-order valence-corrected chi connectivity index (χ0v) is 14.3. The highest BCUT2D eigenvalue weighted by molar-refractivity contribution is 6.03. The van der Waals surface area contributed by atoms with Gasteiger partial charge in [0, 0.05) is 12.8 Å². The predicted molar refractivity (Wildman–Crippen MR) is 91.7 cm³/mol. The molecule has 0 aliphatic heterocycles. The molecule has 0 heterocycles. The smallest absolute Gasteiger partial charge is 0.147 e. The second-order valence-corrected chi connectivity index (χ2v) is 6.56. The number of unbranched alkanes of at least 4 members (excludes halogenated alkanes) is 1. The van der Waals surface area contributed by atoms with E-state index in [1.54, 1.807) is 0 Å². The number of ether oxygens (including phenoxy) is 1. The molecule has 0 bridgehead atoms. The first kappa shape index (κ1) is 17.7. The summed E-state index contributed by atoms with van der Waals surface area (Å²) in [5.41, 5.74) is 0.961. The first-order valence-corrected chi connectivity index (χ1v) is 8.91. The van der Waals surface area contributed by atoms with Crippen LogP contribution in [0.3, 0.4) is 0 Å². The highest BCUT2D eigenvalue weighted by atomic mass is 16.5. The van der Waals surface area contributed by atoms with Gasteiger partial charge in [0.25, 0.3) is 0 Å². The normalized spacial score (nSPS) is 21.2. The summed E-state index contributed by atoms with van der Waals surface area (Å²) in [5.74, 6) is 1.16. The van der Waals surface area contributed by atoms with Gasteiger partial charge in [-0.25, -0.2) is 0 Å². The van der Waals surface area contributed by atoms with E-state index >= 15 is 0 Å². The minimum Gasteiger partial charge on any atom is -0.494 e. The van der Waals surface area contributed by atoms with Crippen molar-refractivity contribution in [1.82, 2.24) is 0 Å². The highest BCUT2D eigenvalue weighted by Gasteiger charge is 2.32. The number of rotatable bonds is 8. The fourth-order valence-electron chi connectivity index (χ4n) is 3.14. The van der Waals surface area contributed by atoms with Gasteiger partial charge < -0.3 is 4.74 Å². The topological polar surface area (TPSA) is 43.4 Å². The average Bonchev–Trinajstić information content (AvgIpc) is 2.56. The number of Topliss-reactive ketones (excluding diaryl/α,β-unsaturated/α-hetero) is 2. The third-order valence-corrected chi connectivity index (χ3v) is 4.78. The summed E-state index contributed by atoms with van der Waals surface area (Å²) in [5, 5.41) is 0. The van der Waals surface area contributed by atoms with Gasteiger partial charge in [0.05, 0.1) is 12.5 Å². The Labute approximate surface area is 139 Å². The van der Waals surface area contributed by atoms with Crippen molar-refractivity contribution in [2.24, 2.45) is 11.8 Å². The van der Waals surface area contributed by atoms with Gasteiger partial charge in [-0.1, -0.05) is 38.8 Å². The van der Waals surface area contributed by atoms with E-state index in [1.165, 1.54) is 0 Å². The van der Waals surface area contributed by atoms with Gasteiger partial charge in [-0.3, -0.25) is 9.59 Å². The van der Waals surface area contributed by atoms with E-state index in [9.17, 15) is 9.59 Å². The standard InChI is InChI=1S/C20H28O3/c1-3-5-12-23-17-9-6-16(7-10-17)14-20(22)18-11-8-15(4-2)13-19(18)21/h6-7,9-10,15,18H,3-5,8,11-14H2,1-2H3. The van der Waals surface area contributed by atoms with Crippen LogP contribution in [0.4, 0.5) is 0 Å². The zero-order valence-electron chi connectivity index (χ0n) is 14.3. The number of benzene rings is 1. The molecule has 0 N–H and O–H groups in total. The largest absolute Gasteiger partial charge is 0.494 e. The lowest BCUT2D eigenvalue weighted by atomic mass is 9.77. The highest BCUT2D eigenvalue weighted by Crippen LogP contribution is 2.29. The van der Waals surface area contributed by atoms with E-state index in [0.717, 1.165) is 50.0 Å². The lowest BCUT2D eigenvalue weighted by molar-refractivity contribution is -0.135. The lowest BCUT2D eigenvalue weighted by Crippen LogP contribution is -2.31. The van der Waals surface area contributed by atoms with Crippen LogP contribution in [0.25, 0.3) is 0 Å². The van der Waals surface area contributed by atoms with Crippen molar-refractivity contribution < 1.29 is 14.3 Å². The lowest BCUT2D eigenvalue weighted by Gasteiger charge is -2.25. The molecular weight excluding hydrogens is 288 g/mol. The summed E-state index contributed by atoms with van der Waals surface area (Å²) in [6.07, 6.45) is 5.85. The zero-order chi connectivity index (χ0) is 16.7. The summed E-state index contributed by atoms with van der Waals surface area (Å²) in [7, 11) is 0. The van der Waals surface area contributed by atoms with Crippen molar-refractivity contribution in [3.63, 3.8) is 0 Å². The molecule has 2 rings (SSSR count). The summed E-state index contributed by atoms with van der Waals surface area (Å²) < 4.78 is 5.62. The van der Waals surface area contributed by atoms with Gasteiger partial charge in [-0.2, -0.15) is 0 Å². The monoisotopic (exact) mass is 316 g/mol. The molecule has 2 unspecified atom stereocenters. The molecule has 1 aliphatic carbocycles. The second kappa shape index (κ2) is 8.85. The first-order chi connectivity index (χ1) is 11.1. The quantitative estimate of drug-likeness (QED) is 0.528. The Hall–Kier alpha value is -1.64. The van der Waals surface area contributed by atoms with Crippen molar-refractivity contribution in [2.75, 3.05) is 6.61 Å². The first-order valence-electron chi connectivity index (χ1n) is 8.91. The maximum Gasteiger partial charge on any atom is 0.147 e. The van der Waals surface area contributed by atoms with Crippen molar-refractivity contribution in [3.8, 4) is 5.75 Å². The predicted octanol–water partition coefficient (Wildman–Crippen LogP) is 4.37. The Bertz CT molecular complexity index is 518. The minimum absolute atomic E-state index is 0.0733. The average molecular weight is 316 g/mol. The molecule has 0 saturated heterocycles. The Balaban J connectivity index is 1.86. The van der Waals surface area contributed by atoms with Crippen LogP contribution in [-0.4, -0.2) is 18.2 Å². The molecule has 23 heavy (non-hydrogen) atoms. The summed E-state index contributed by atoms with van der Waals surface area (Å²) >= 11 is 0. The number of ketones is 2. The summed E-state index contributed by atoms with van der Waals surface area (Å²) in [4.78, 5) is 24.6. The minimum atomic E-state index is -0.377. The van der Waals surface area contributed by atoms with Gasteiger partial charge in [-0.15, -0.1) is 0 Å². The van der Waals surface area contributed by atoms with Crippen LogP contribution in [-0.2, 0) is 16.0 Å². The van der Waals surface area contributed by atoms with Crippen LogP contribution in [0, 0.1) is 11.8 Å². The van der Waals surface area contributed by atoms with E-state index in [-0.39, 0.29) is 17.5 Å². The fourth-order valence-corrected chi connectivity index (χ4v) is 3.14. The molecule has 0 aromatic heterocycles. The number of carbonyl (C=O) groups excluding carboxylic acids is 2. The molecule has 0 radical (unpaired) electrons. The van der Waals surface area contributed by atoms with Crippen molar-refractivity contribution in [1.29, 1.82) is 0 Å². The van der Waals surface area contributed by atoms with Gasteiger partial charge >= 0.3 is 0 Å². The molecular formula is C20H28O3. The van der Waals surface area contributed by atoms with Crippen LogP contribution in [0.2, 0.25) is 0 Å². The SMILES string of the molecule is CCCCOc1ccc(CC(=O)C2CCC(CC)CC2=O)cc1. The van der Waals surface area contributed by atoms with Gasteiger partial charge in [-0.05, 0) is 42.9 Å². The molecule has 1 fully saturated rings. The van der Waals surface area contributed by atoms with Gasteiger partial charge in [0.2, 0.25) is 0 Å². The molecule has 0 amide bonds. The third kappa shape index (κ3) is 5.19. The molecule has 0 spiro atoms. The molecule has 1 aromatic carbocycles. The molecule has 3 nitrogen and oxygen atoms in total. The van der Waals surface area contributed by atoms with E-state index in [0.29, 0.717) is 18.8 Å². The van der Waals surface area contributed by atoms with Crippen LogP contribution < -0.4 is 4.74 Å². The van der Waals surface area contributed by atoms with E-state index < -0.39 is 0 Å². The Morgan fingerprint density at radius 2 is 1.91 bits per heavy atom. The van der Waals surface area contributed by atoms with Crippen molar-refractivity contribution in [3.05, 3.63) is 29.8 Å². The molecule has 2 atom stereocenters. The van der Waals surface area contributed by atoms with Crippen molar-refractivity contribution in [2.45, 2.75) is 58.8 Å². The number of hydrogen-bond acceptors (Lipinski definition) is 3. The van der Waals surface area contributed by atoms with Crippen LogP contribution >= 0.6 is 0 Å². The van der Waals surface area contributed by atoms with E-state index in [1.807, 2.05) is 24.3 Å². The number of carbonyl (C=O) groups is 2. The molecule has 1 aliphatic rings. The Morgan fingerprint density at radius 3 is 2.52 bits per heavy atom. The Morgan fingerprint density at radius 1 is 1.17 bits per heavy atom. The molecule has 1 aromatic rings. The van der Waals surface area contributed by atoms with E-state index in [4.69, 9.17) is 4.74 Å². The van der Waals surface area contributed by atoms with Crippen LogP contribution in [0.5, 0.6) is 5.75 Å². The van der Waals surface area contributed by atoms with E-state index in [2.05, 4.69) is 13.8 Å². The molecule has 126 valence electrons. The maximum absolute atomic E-state index is 12.4. The van der Waals surface area contributed by atoms with Gasteiger partial charge in [0.15, 0.2) is 0 Å². The fraction of sp³-hybridized carbons (Fsp3) is 0.600. The van der Waals surface area contributed by atoms with Gasteiger partial charge in [0.1, 0.15) is 17.3 Å². The summed E-state index contributed by atoms with van der Waals surface area (Å²) in [6.45, 7) is 4.97. The van der Waals surface area contributed by atoms with Crippen molar-refractivity contribution >= 4 is 11.6 Å². The van der Waals surface area contributed by atoms with Crippen LogP contribution in [0.1, 0.15) is 57.9 Å². The molecule has 1 saturated carbocycles. The maximum atomic E-state index is 12.4. The van der Waals surface area contributed by atoms with Crippen LogP contribution in [0.15, 0.2) is 24.3 Å².